The van der Waals surface area contributed by atoms with Gasteiger partial charge in [-0.3, -0.25) is 4.79 Å². The zero-order valence-electron chi connectivity index (χ0n) is 9.96. The van der Waals surface area contributed by atoms with Crippen LogP contribution in [-0.4, -0.2) is 5.78 Å². The maximum Gasteiger partial charge on any atom is 0.141 e. The molecule has 1 fully saturated rings. The Labute approximate surface area is 100 Å². The second-order valence-electron chi connectivity index (χ2n) is 5.26. The maximum atomic E-state index is 13.5. The number of nitriles is 1. The Morgan fingerprint density at radius 3 is 2.65 bits per heavy atom. The average Bonchev–Trinajstić information content (AvgIpc) is 2.53. The number of hydrogen-bond donors (Lipinski definition) is 0. The fourth-order valence-corrected chi connectivity index (χ4v) is 2.41. The molecular formula is C14H14FNO. The Balaban J connectivity index is 2.29. The Morgan fingerprint density at radius 2 is 2.18 bits per heavy atom. The van der Waals surface area contributed by atoms with Crippen molar-refractivity contribution in [2.24, 2.45) is 5.41 Å². The molecule has 0 amide bonds. The van der Waals surface area contributed by atoms with Gasteiger partial charge in [0.2, 0.25) is 0 Å². The van der Waals surface area contributed by atoms with E-state index in [4.69, 9.17) is 5.26 Å². The number of benzene rings is 1. The third kappa shape index (κ3) is 2.08. The number of carbonyl (C=O) groups excluding carboxylic acids is 1. The highest BCUT2D eigenvalue weighted by molar-refractivity contribution is 5.87. The van der Waals surface area contributed by atoms with Crippen LogP contribution in [0.15, 0.2) is 18.2 Å². The number of halogens is 1. The van der Waals surface area contributed by atoms with Crippen molar-refractivity contribution >= 4 is 5.78 Å². The zero-order chi connectivity index (χ0) is 12.6. The van der Waals surface area contributed by atoms with Gasteiger partial charge < -0.3 is 0 Å². The average molecular weight is 231 g/mol. The molecular weight excluding hydrogens is 217 g/mol. The lowest BCUT2D eigenvalue weighted by atomic mass is 9.88. The standard InChI is InChI=1S/C14H14FNO/c1-14(2)7-11(6-13(14)17)9-3-4-10(8-16)12(15)5-9/h3-5,11H,6-7H2,1-2H3/t11-/m1/s1. The molecule has 1 aliphatic carbocycles. The van der Waals surface area contributed by atoms with E-state index in [1.165, 1.54) is 12.1 Å². The number of carbonyl (C=O) groups is 1. The highest BCUT2D eigenvalue weighted by Gasteiger charge is 2.39. The van der Waals surface area contributed by atoms with Crippen LogP contribution in [0.5, 0.6) is 0 Å². The van der Waals surface area contributed by atoms with Gasteiger partial charge in [0.25, 0.3) is 0 Å². The summed E-state index contributed by atoms with van der Waals surface area (Å²) in [6.45, 7) is 3.85. The second kappa shape index (κ2) is 3.96. The van der Waals surface area contributed by atoms with Gasteiger partial charge in [-0.2, -0.15) is 5.26 Å². The largest absolute Gasteiger partial charge is 0.299 e. The van der Waals surface area contributed by atoms with Crippen LogP contribution in [0.3, 0.4) is 0 Å². The molecule has 1 atom stereocenters. The van der Waals surface area contributed by atoms with Gasteiger partial charge >= 0.3 is 0 Å². The molecule has 17 heavy (non-hydrogen) atoms. The molecule has 1 saturated carbocycles. The molecule has 0 aromatic heterocycles. The van der Waals surface area contributed by atoms with Crippen molar-refractivity contribution in [2.45, 2.75) is 32.6 Å². The van der Waals surface area contributed by atoms with E-state index in [9.17, 15) is 9.18 Å². The molecule has 1 aliphatic rings. The van der Waals surface area contributed by atoms with Crippen LogP contribution >= 0.6 is 0 Å². The van der Waals surface area contributed by atoms with E-state index in [-0.39, 0.29) is 22.7 Å². The monoisotopic (exact) mass is 231 g/mol. The van der Waals surface area contributed by atoms with E-state index in [0.717, 1.165) is 12.0 Å². The van der Waals surface area contributed by atoms with Gasteiger partial charge in [0.1, 0.15) is 17.7 Å². The number of nitrogens with zero attached hydrogens (tertiary/aromatic N) is 1. The van der Waals surface area contributed by atoms with Gasteiger partial charge in [0, 0.05) is 11.8 Å². The molecule has 0 unspecified atom stereocenters. The van der Waals surface area contributed by atoms with Crippen LogP contribution in [0, 0.1) is 22.6 Å². The van der Waals surface area contributed by atoms with E-state index in [1.54, 1.807) is 12.1 Å². The SMILES string of the molecule is CC1(C)C[C@H](c2ccc(C#N)c(F)c2)CC1=O. The van der Waals surface area contributed by atoms with E-state index in [2.05, 4.69) is 0 Å². The lowest BCUT2D eigenvalue weighted by Crippen LogP contribution is -2.15. The predicted octanol–water partition coefficient (Wildman–Crippen LogP) is 3.17. The van der Waals surface area contributed by atoms with Gasteiger partial charge in [0.15, 0.2) is 0 Å². The summed E-state index contributed by atoms with van der Waals surface area (Å²) in [5, 5.41) is 8.66. The minimum absolute atomic E-state index is 0.0531. The lowest BCUT2D eigenvalue weighted by molar-refractivity contribution is -0.124. The normalized spacial score (nSPS) is 22.5. The Kier molecular flexibility index (Phi) is 2.74. The van der Waals surface area contributed by atoms with Crippen molar-refractivity contribution in [3.63, 3.8) is 0 Å². The highest BCUT2D eigenvalue weighted by atomic mass is 19.1. The number of Topliss-reactive ketones (excluding diaryl/α,β-unsaturated/α-hetero) is 1. The molecule has 0 heterocycles. The third-order valence-electron chi connectivity index (χ3n) is 3.53. The van der Waals surface area contributed by atoms with Crippen molar-refractivity contribution in [1.82, 2.24) is 0 Å². The fourth-order valence-electron chi connectivity index (χ4n) is 2.41. The van der Waals surface area contributed by atoms with Gasteiger partial charge in [-0.1, -0.05) is 19.9 Å². The maximum absolute atomic E-state index is 13.5. The molecule has 88 valence electrons. The molecule has 2 rings (SSSR count). The summed E-state index contributed by atoms with van der Waals surface area (Å²) >= 11 is 0. The smallest absolute Gasteiger partial charge is 0.141 e. The first-order valence-electron chi connectivity index (χ1n) is 5.67. The van der Waals surface area contributed by atoms with Gasteiger partial charge in [-0.25, -0.2) is 4.39 Å². The van der Waals surface area contributed by atoms with Gasteiger partial charge in [-0.15, -0.1) is 0 Å². The minimum atomic E-state index is -0.498. The number of ketones is 1. The minimum Gasteiger partial charge on any atom is -0.299 e. The summed E-state index contributed by atoms with van der Waals surface area (Å²) in [4.78, 5) is 11.7. The summed E-state index contributed by atoms with van der Waals surface area (Å²) in [6.07, 6.45) is 1.22. The molecule has 2 nitrogen and oxygen atoms in total. The summed E-state index contributed by atoms with van der Waals surface area (Å²) < 4.78 is 13.5. The van der Waals surface area contributed by atoms with Crippen molar-refractivity contribution < 1.29 is 9.18 Å². The lowest BCUT2D eigenvalue weighted by Gasteiger charge is -2.15. The highest BCUT2D eigenvalue weighted by Crippen LogP contribution is 2.43. The van der Waals surface area contributed by atoms with Crippen LogP contribution < -0.4 is 0 Å². The van der Waals surface area contributed by atoms with E-state index < -0.39 is 5.82 Å². The van der Waals surface area contributed by atoms with Crippen molar-refractivity contribution in [2.75, 3.05) is 0 Å². The first kappa shape index (κ1) is 11.8. The second-order valence-corrected chi connectivity index (χ2v) is 5.26. The Hall–Kier alpha value is -1.69. The van der Waals surface area contributed by atoms with E-state index in [0.29, 0.717) is 6.42 Å². The molecule has 1 aromatic carbocycles. The molecule has 0 spiro atoms. The van der Waals surface area contributed by atoms with Crippen molar-refractivity contribution in [3.05, 3.63) is 35.1 Å². The van der Waals surface area contributed by atoms with Crippen LogP contribution in [0.4, 0.5) is 4.39 Å². The first-order valence-corrected chi connectivity index (χ1v) is 5.67. The quantitative estimate of drug-likeness (QED) is 0.744. The fraction of sp³-hybridized carbons (Fsp3) is 0.429. The van der Waals surface area contributed by atoms with Crippen molar-refractivity contribution in [1.29, 1.82) is 5.26 Å². The molecule has 3 heteroatoms. The van der Waals surface area contributed by atoms with Crippen LogP contribution in [0.2, 0.25) is 0 Å². The van der Waals surface area contributed by atoms with E-state index >= 15 is 0 Å². The summed E-state index contributed by atoms with van der Waals surface area (Å²) in [5.74, 6) is -0.186. The number of hydrogen-bond acceptors (Lipinski definition) is 2. The number of rotatable bonds is 1. The predicted molar refractivity (Wildman–Crippen MR) is 61.9 cm³/mol. The molecule has 1 aromatic rings. The Morgan fingerprint density at radius 1 is 1.47 bits per heavy atom. The summed E-state index contributed by atoms with van der Waals surface area (Å²) in [7, 11) is 0. The Bertz CT molecular complexity index is 513. The third-order valence-corrected chi connectivity index (χ3v) is 3.53. The van der Waals surface area contributed by atoms with Crippen LogP contribution in [-0.2, 0) is 4.79 Å². The summed E-state index contributed by atoms with van der Waals surface area (Å²) in [5.41, 5.74) is 0.562. The topological polar surface area (TPSA) is 40.9 Å². The van der Waals surface area contributed by atoms with Crippen LogP contribution in [0.25, 0.3) is 0 Å². The molecule has 0 saturated heterocycles. The summed E-state index contributed by atoms with van der Waals surface area (Å²) in [6, 6.07) is 6.42. The van der Waals surface area contributed by atoms with E-state index in [1.807, 2.05) is 13.8 Å². The van der Waals surface area contributed by atoms with Gasteiger partial charge in [-0.05, 0) is 30.0 Å². The van der Waals surface area contributed by atoms with Gasteiger partial charge in [0.05, 0.1) is 5.56 Å². The zero-order valence-corrected chi connectivity index (χ0v) is 9.96. The molecule has 0 radical (unpaired) electrons. The van der Waals surface area contributed by atoms with Crippen molar-refractivity contribution in [3.8, 4) is 6.07 Å². The van der Waals surface area contributed by atoms with Crippen LogP contribution in [0.1, 0.15) is 43.7 Å². The molecule has 0 bridgehead atoms. The molecule has 0 N–H and O–H groups in total. The molecule has 0 aliphatic heterocycles. The first-order chi connectivity index (χ1) is 7.94.